The van der Waals surface area contributed by atoms with Crippen molar-refractivity contribution in [3.8, 4) is 0 Å². The highest BCUT2D eigenvalue weighted by Gasteiger charge is 2.67. The molecule has 0 heterocycles. The fraction of sp³-hybridized carbons (Fsp3) is 0.429. The van der Waals surface area contributed by atoms with Crippen LogP contribution in [0, 0.1) is 5.41 Å². The number of esters is 1. The predicted octanol–water partition coefficient (Wildman–Crippen LogP) is 3.39. The number of carbonyl (C=O) groups excluding carboxylic acids is 2. The van der Waals surface area contributed by atoms with Gasteiger partial charge in [0, 0.05) is 5.69 Å². The lowest BCUT2D eigenvalue weighted by Crippen LogP contribution is -2.25. The van der Waals surface area contributed by atoms with Gasteiger partial charge in [0.1, 0.15) is 4.33 Å². The van der Waals surface area contributed by atoms with Gasteiger partial charge < -0.3 is 10.1 Å². The van der Waals surface area contributed by atoms with Crippen LogP contribution in [0.4, 0.5) is 5.69 Å². The maximum absolute atomic E-state index is 12.1. The molecule has 1 atom stereocenters. The van der Waals surface area contributed by atoms with Crippen molar-refractivity contribution >= 4 is 40.8 Å². The average Bonchev–Trinajstić information content (AvgIpc) is 2.91. The van der Waals surface area contributed by atoms with E-state index in [1.807, 2.05) is 0 Å². The minimum absolute atomic E-state index is 0.230. The summed E-state index contributed by atoms with van der Waals surface area (Å²) >= 11 is 11.9. The summed E-state index contributed by atoms with van der Waals surface area (Å²) in [5.41, 5.74) is 0.252. The van der Waals surface area contributed by atoms with Crippen molar-refractivity contribution in [2.75, 3.05) is 11.9 Å². The molecule has 0 radical (unpaired) electrons. The van der Waals surface area contributed by atoms with E-state index in [-0.39, 0.29) is 11.9 Å². The minimum Gasteiger partial charge on any atom is -0.462 e. The molecule has 2 rings (SSSR count). The molecule has 1 aromatic rings. The summed E-state index contributed by atoms with van der Waals surface area (Å²) in [5.74, 6) is -0.619. The SMILES string of the molecule is CCOC(=O)c1ccc(NC(=O)C2(C)CC2(Cl)Cl)cc1. The van der Waals surface area contributed by atoms with Crippen molar-refractivity contribution in [2.24, 2.45) is 5.41 Å². The maximum atomic E-state index is 12.1. The van der Waals surface area contributed by atoms with Gasteiger partial charge in [0.15, 0.2) is 0 Å². The Balaban J connectivity index is 2.01. The zero-order valence-corrected chi connectivity index (χ0v) is 12.7. The summed E-state index contributed by atoms with van der Waals surface area (Å²) < 4.78 is 3.88. The van der Waals surface area contributed by atoms with Gasteiger partial charge in [-0.15, -0.1) is 23.2 Å². The highest BCUT2D eigenvalue weighted by molar-refractivity contribution is 6.53. The van der Waals surface area contributed by atoms with E-state index in [9.17, 15) is 9.59 Å². The molecule has 4 nitrogen and oxygen atoms in total. The number of nitrogens with one attached hydrogen (secondary N) is 1. The number of rotatable bonds is 4. The van der Waals surface area contributed by atoms with Crippen molar-refractivity contribution in [3.63, 3.8) is 0 Å². The first kappa shape index (κ1) is 15.1. The Bertz CT molecular complexity index is 542. The van der Waals surface area contributed by atoms with E-state index in [1.165, 1.54) is 0 Å². The number of carbonyl (C=O) groups is 2. The molecule has 6 heteroatoms. The van der Waals surface area contributed by atoms with Crippen LogP contribution in [0.1, 0.15) is 30.6 Å². The second kappa shape index (κ2) is 5.26. The number of ether oxygens (including phenoxy) is 1. The Hall–Kier alpha value is -1.26. The van der Waals surface area contributed by atoms with Crippen molar-refractivity contribution in [2.45, 2.75) is 24.6 Å². The highest BCUT2D eigenvalue weighted by Crippen LogP contribution is 2.64. The summed E-state index contributed by atoms with van der Waals surface area (Å²) in [7, 11) is 0. The minimum atomic E-state index is -0.998. The van der Waals surface area contributed by atoms with Crippen molar-refractivity contribution in [3.05, 3.63) is 29.8 Å². The lowest BCUT2D eigenvalue weighted by atomic mass is 10.1. The van der Waals surface area contributed by atoms with Crippen molar-refractivity contribution < 1.29 is 14.3 Å². The molecule has 1 unspecified atom stereocenters. The smallest absolute Gasteiger partial charge is 0.338 e. The van der Waals surface area contributed by atoms with Crippen LogP contribution in [0.3, 0.4) is 0 Å². The van der Waals surface area contributed by atoms with Gasteiger partial charge in [0.2, 0.25) is 5.91 Å². The molecular formula is C14H15Cl2NO3. The van der Waals surface area contributed by atoms with Crippen LogP contribution in [0.5, 0.6) is 0 Å². The first-order valence-electron chi connectivity index (χ1n) is 6.26. The van der Waals surface area contributed by atoms with Crippen LogP contribution in [-0.2, 0) is 9.53 Å². The molecule has 0 spiro atoms. The number of benzene rings is 1. The molecule has 0 aliphatic heterocycles. The molecular weight excluding hydrogens is 301 g/mol. The third-order valence-electron chi connectivity index (χ3n) is 3.41. The summed E-state index contributed by atoms with van der Waals surface area (Å²) in [6.07, 6.45) is 0.426. The molecule has 1 amide bonds. The van der Waals surface area contributed by atoms with E-state index < -0.39 is 9.75 Å². The zero-order chi connectivity index (χ0) is 15.0. The number of anilines is 1. The summed E-state index contributed by atoms with van der Waals surface area (Å²) in [4.78, 5) is 23.5. The van der Waals surface area contributed by atoms with Gasteiger partial charge in [0.05, 0.1) is 17.6 Å². The third-order valence-corrected chi connectivity index (χ3v) is 4.51. The molecule has 0 bridgehead atoms. The Morgan fingerprint density at radius 2 is 1.85 bits per heavy atom. The fourth-order valence-electron chi connectivity index (χ4n) is 1.82. The normalized spacial score (nSPS) is 23.0. The lowest BCUT2D eigenvalue weighted by Gasteiger charge is -2.12. The molecule has 0 saturated heterocycles. The van der Waals surface area contributed by atoms with Gasteiger partial charge in [-0.2, -0.15) is 0 Å². The molecule has 1 N–H and O–H groups in total. The first-order chi connectivity index (χ1) is 9.30. The molecule has 1 aliphatic carbocycles. The number of alkyl halides is 2. The van der Waals surface area contributed by atoms with Crippen molar-refractivity contribution in [1.82, 2.24) is 0 Å². The Morgan fingerprint density at radius 3 is 2.30 bits per heavy atom. The van der Waals surface area contributed by atoms with Crippen LogP contribution < -0.4 is 5.32 Å². The quantitative estimate of drug-likeness (QED) is 0.684. The van der Waals surface area contributed by atoms with E-state index >= 15 is 0 Å². The maximum Gasteiger partial charge on any atom is 0.338 e. The third kappa shape index (κ3) is 2.76. The van der Waals surface area contributed by atoms with Gasteiger partial charge in [-0.3, -0.25) is 4.79 Å². The monoisotopic (exact) mass is 315 g/mol. The van der Waals surface area contributed by atoms with Gasteiger partial charge >= 0.3 is 5.97 Å². The van der Waals surface area contributed by atoms with Crippen molar-refractivity contribution in [1.29, 1.82) is 0 Å². The van der Waals surface area contributed by atoms with Gasteiger partial charge in [-0.1, -0.05) is 0 Å². The molecule has 1 fully saturated rings. The standard InChI is InChI=1S/C14H15Cl2NO3/c1-3-20-11(18)9-4-6-10(7-5-9)17-12(19)13(2)8-14(13,15)16/h4-7H,3,8H2,1-2H3,(H,17,19). The van der Waals surface area contributed by atoms with E-state index in [0.29, 0.717) is 24.3 Å². The van der Waals surface area contributed by atoms with E-state index in [0.717, 1.165) is 0 Å². The summed E-state index contributed by atoms with van der Waals surface area (Å²) in [6.45, 7) is 3.78. The van der Waals surface area contributed by atoms with Crippen LogP contribution in [0.25, 0.3) is 0 Å². The van der Waals surface area contributed by atoms with E-state index in [4.69, 9.17) is 27.9 Å². The zero-order valence-electron chi connectivity index (χ0n) is 11.2. The van der Waals surface area contributed by atoms with E-state index in [1.54, 1.807) is 38.1 Å². The Kier molecular flexibility index (Phi) is 3.98. The molecule has 1 aliphatic rings. The first-order valence-corrected chi connectivity index (χ1v) is 7.02. The number of amides is 1. The number of hydrogen-bond donors (Lipinski definition) is 1. The van der Waals surface area contributed by atoms with Gasteiger partial charge in [-0.05, 0) is 44.5 Å². The second-order valence-electron chi connectivity index (χ2n) is 4.97. The Morgan fingerprint density at radius 1 is 1.30 bits per heavy atom. The average molecular weight is 316 g/mol. The van der Waals surface area contributed by atoms with Crippen LogP contribution in [0.2, 0.25) is 0 Å². The van der Waals surface area contributed by atoms with Gasteiger partial charge in [0.25, 0.3) is 0 Å². The summed E-state index contributed by atoms with van der Waals surface area (Å²) in [6, 6.07) is 6.47. The van der Waals surface area contributed by atoms with Crippen LogP contribution in [0.15, 0.2) is 24.3 Å². The predicted molar refractivity (Wildman–Crippen MR) is 78.2 cm³/mol. The molecule has 1 saturated carbocycles. The highest BCUT2D eigenvalue weighted by atomic mass is 35.5. The van der Waals surface area contributed by atoms with Crippen LogP contribution in [-0.4, -0.2) is 22.8 Å². The molecule has 1 aromatic carbocycles. The fourth-order valence-corrected chi connectivity index (χ4v) is 2.53. The van der Waals surface area contributed by atoms with E-state index in [2.05, 4.69) is 5.32 Å². The number of hydrogen-bond acceptors (Lipinski definition) is 3. The Labute approximate surface area is 127 Å². The summed E-state index contributed by atoms with van der Waals surface area (Å²) in [5, 5.41) is 2.74. The molecule has 108 valence electrons. The second-order valence-corrected chi connectivity index (χ2v) is 6.45. The topological polar surface area (TPSA) is 55.4 Å². The molecule has 0 aromatic heterocycles. The van der Waals surface area contributed by atoms with Gasteiger partial charge in [-0.25, -0.2) is 4.79 Å². The lowest BCUT2D eigenvalue weighted by molar-refractivity contribution is -0.120. The van der Waals surface area contributed by atoms with Crippen LogP contribution >= 0.6 is 23.2 Å². The molecule has 20 heavy (non-hydrogen) atoms. The number of halogens is 2. The largest absolute Gasteiger partial charge is 0.462 e.